The molecule has 0 spiro atoms. The molecule has 1 heterocycles. The molecule has 1 aromatic heterocycles. The van der Waals surface area contributed by atoms with E-state index in [1.165, 1.54) is 0 Å². The number of ether oxygens (including phenoxy) is 1. The molecule has 0 bridgehead atoms. The van der Waals surface area contributed by atoms with E-state index in [0.717, 1.165) is 22.6 Å². The second-order valence-corrected chi connectivity index (χ2v) is 4.04. The molecule has 1 N–H and O–H groups in total. The van der Waals surface area contributed by atoms with E-state index < -0.39 is 0 Å². The number of aromatic nitrogens is 2. The van der Waals surface area contributed by atoms with Gasteiger partial charge in [0.2, 0.25) is 0 Å². The van der Waals surface area contributed by atoms with Crippen LogP contribution in [0, 0.1) is 6.92 Å². The Kier molecular flexibility index (Phi) is 3.89. The molecule has 18 heavy (non-hydrogen) atoms. The number of aliphatic hydroxyl groups is 1. The monoisotopic (exact) mass is 244 g/mol. The lowest BCUT2D eigenvalue weighted by atomic mass is 10.1. The SMILES string of the molecule is COc1ccc(C)cc1-c1ccnc(CCO)n1. The maximum absolute atomic E-state index is 8.92. The van der Waals surface area contributed by atoms with E-state index in [1.54, 1.807) is 13.3 Å². The molecule has 0 amide bonds. The van der Waals surface area contributed by atoms with E-state index in [-0.39, 0.29) is 6.61 Å². The Bertz CT molecular complexity index is 541. The number of benzene rings is 1. The zero-order valence-corrected chi connectivity index (χ0v) is 10.6. The smallest absolute Gasteiger partial charge is 0.131 e. The number of aryl methyl sites for hydroxylation is 1. The zero-order valence-electron chi connectivity index (χ0n) is 10.6. The minimum atomic E-state index is 0.0500. The molecule has 0 unspecified atom stereocenters. The van der Waals surface area contributed by atoms with Crippen LogP contribution in [-0.2, 0) is 6.42 Å². The Balaban J connectivity index is 2.47. The first-order chi connectivity index (χ1) is 8.74. The van der Waals surface area contributed by atoms with E-state index in [0.29, 0.717) is 12.2 Å². The van der Waals surface area contributed by atoms with Crippen molar-refractivity contribution in [3.05, 3.63) is 41.9 Å². The Morgan fingerprint density at radius 2 is 2.11 bits per heavy atom. The number of hydrogen-bond acceptors (Lipinski definition) is 4. The summed E-state index contributed by atoms with van der Waals surface area (Å²) in [7, 11) is 1.64. The molecule has 0 saturated carbocycles. The fourth-order valence-electron chi connectivity index (χ4n) is 1.79. The van der Waals surface area contributed by atoms with Gasteiger partial charge in [0, 0.05) is 18.2 Å². The number of hydrogen-bond donors (Lipinski definition) is 1. The highest BCUT2D eigenvalue weighted by Crippen LogP contribution is 2.29. The molecule has 2 aromatic rings. The summed E-state index contributed by atoms with van der Waals surface area (Å²) in [5.41, 5.74) is 2.90. The van der Waals surface area contributed by atoms with Gasteiger partial charge in [-0.15, -0.1) is 0 Å². The van der Waals surface area contributed by atoms with E-state index in [1.807, 2.05) is 31.2 Å². The van der Waals surface area contributed by atoms with E-state index in [9.17, 15) is 0 Å². The Labute approximate surface area is 106 Å². The van der Waals surface area contributed by atoms with Crippen molar-refractivity contribution >= 4 is 0 Å². The quantitative estimate of drug-likeness (QED) is 0.893. The first-order valence-corrected chi connectivity index (χ1v) is 5.82. The lowest BCUT2D eigenvalue weighted by Gasteiger charge is -2.09. The van der Waals surface area contributed by atoms with Gasteiger partial charge in [-0.3, -0.25) is 0 Å². The van der Waals surface area contributed by atoms with E-state index >= 15 is 0 Å². The number of nitrogens with zero attached hydrogens (tertiary/aromatic N) is 2. The largest absolute Gasteiger partial charge is 0.496 e. The van der Waals surface area contributed by atoms with E-state index in [4.69, 9.17) is 9.84 Å². The van der Waals surface area contributed by atoms with Crippen LogP contribution in [0.3, 0.4) is 0 Å². The lowest BCUT2D eigenvalue weighted by molar-refractivity contribution is 0.296. The first kappa shape index (κ1) is 12.5. The van der Waals surface area contributed by atoms with Crippen LogP contribution < -0.4 is 4.74 Å². The van der Waals surface area contributed by atoms with Crippen LogP contribution in [0.25, 0.3) is 11.3 Å². The highest BCUT2D eigenvalue weighted by molar-refractivity contribution is 5.67. The average molecular weight is 244 g/mol. The predicted octanol–water partition coefficient (Wildman–Crippen LogP) is 2.00. The minimum absolute atomic E-state index is 0.0500. The summed E-state index contributed by atoms with van der Waals surface area (Å²) in [5, 5.41) is 8.92. The van der Waals surface area contributed by atoms with Crippen LogP contribution in [0.4, 0.5) is 0 Å². The summed E-state index contributed by atoms with van der Waals surface area (Å²) in [6.45, 7) is 2.08. The summed E-state index contributed by atoms with van der Waals surface area (Å²) in [5.74, 6) is 1.42. The fraction of sp³-hybridized carbons (Fsp3) is 0.286. The minimum Gasteiger partial charge on any atom is -0.496 e. The summed E-state index contributed by atoms with van der Waals surface area (Å²) in [6, 6.07) is 7.80. The molecule has 4 nitrogen and oxygen atoms in total. The van der Waals surface area contributed by atoms with Gasteiger partial charge in [0.05, 0.1) is 19.4 Å². The normalized spacial score (nSPS) is 10.4. The zero-order chi connectivity index (χ0) is 13.0. The first-order valence-electron chi connectivity index (χ1n) is 5.82. The second-order valence-electron chi connectivity index (χ2n) is 4.04. The van der Waals surface area contributed by atoms with Crippen molar-refractivity contribution in [3.63, 3.8) is 0 Å². The molecule has 0 fully saturated rings. The third-order valence-corrected chi connectivity index (χ3v) is 2.67. The highest BCUT2D eigenvalue weighted by Gasteiger charge is 2.08. The highest BCUT2D eigenvalue weighted by atomic mass is 16.5. The topological polar surface area (TPSA) is 55.2 Å². The van der Waals surface area contributed by atoms with Crippen LogP contribution in [0.15, 0.2) is 30.5 Å². The standard InChI is InChI=1S/C14H16N2O2/c1-10-3-4-13(18-2)11(9-10)12-5-7-15-14(16-12)6-8-17/h3-5,7,9,17H,6,8H2,1-2H3. The Morgan fingerprint density at radius 1 is 1.28 bits per heavy atom. The maximum Gasteiger partial charge on any atom is 0.131 e. The van der Waals surface area contributed by atoms with Gasteiger partial charge >= 0.3 is 0 Å². The van der Waals surface area contributed by atoms with Crippen LogP contribution in [0.2, 0.25) is 0 Å². The fourth-order valence-corrected chi connectivity index (χ4v) is 1.79. The predicted molar refractivity (Wildman–Crippen MR) is 69.5 cm³/mol. The van der Waals surface area contributed by atoms with Crippen molar-refractivity contribution in [1.82, 2.24) is 9.97 Å². The number of aliphatic hydroxyl groups excluding tert-OH is 1. The van der Waals surface area contributed by atoms with E-state index in [2.05, 4.69) is 9.97 Å². The van der Waals surface area contributed by atoms with Gasteiger partial charge in [0.1, 0.15) is 11.6 Å². The van der Waals surface area contributed by atoms with Crippen molar-refractivity contribution in [2.45, 2.75) is 13.3 Å². The Morgan fingerprint density at radius 3 is 2.83 bits per heavy atom. The van der Waals surface area contributed by atoms with Crippen molar-refractivity contribution in [1.29, 1.82) is 0 Å². The van der Waals surface area contributed by atoms with Crippen LogP contribution >= 0.6 is 0 Å². The van der Waals surface area contributed by atoms with Gasteiger partial charge in [-0.1, -0.05) is 11.6 Å². The van der Waals surface area contributed by atoms with Gasteiger partial charge in [0.15, 0.2) is 0 Å². The molecule has 1 aromatic carbocycles. The van der Waals surface area contributed by atoms with Crippen LogP contribution in [0.5, 0.6) is 5.75 Å². The Hall–Kier alpha value is -1.94. The van der Waals surface area contributed by atoms with Crippen molar-refractivity contribution in [3.8, 4) is 17.0 Å². The van der Waals surface area contributed by atoms with Crippen molar-refractivity contribution < 1.29 is 9.84 Å². The number of methoxy groups -OCH3 is 1. The molecule has 2 rings (SSSR count). The number of rotatable bonds is 4. The molecular formula is C14H16N2O2. The maximum atomic E-state index is 8.92. The molecule has 0 aliphatic carbocycles. The molecule has 94 valence electrons. The third-order valence-electron chi connectivity index (χ3n) is 2.67. The van der Waals surface area contributed by atoms with Gasteiger partial charge < -0.3 is 9.84 Å². The summed E-state index contributed by atoms with van der Waals surface area (Å²) in [4.78, 5) is 8.55. The molecule has 0 saturated heterocycles. The molecule has 0 aliphatic rings. The van der Waals surface area contributed by atoms with Gasteiger partial charge in [-0.25, -0.2) is 9.97 Å². The second kappa shape index (κ2) is 5.60. The van der Waals surface area contributed by atoms with Crippen molar-refractivity contribution in [2.24, 2.45) is 0 Å². The van der Waals surface area contributed by atoms with Gasteiger partial charge in [-0.2, -0.15) is 0 Å². The molecule has 0 aliphatic heterocycles. The summed E-state index contributed by atoms with van der Waals surface area (Å²) >= 11 is 0. The summed E-state index contributed by atoms with van der Waals surface area (Å²) < 4.78 is 5.34. The molecule has 4 heteroatoms. The van der Waals surface area contributed by atoms with Gasteiger partial charge in [-0.05, 0) is 25.1 Å². The van der Waals surface area contributed by atoms with Gasteiger partial charge in [0.25, 0.3) is 0 Å². The van der Waals surface area contributed by atoms with Crippen LogP contribution in [-0.4, -0.2) is 28.8 Å². The summed E-state index contributed by atoms with van der Waals surface area (Å²) in [6.07, 6.45) is 2.16. The van der Waals surface area contributed by atoms with Crippen LogP contribution in [0.1, 0.15) is 11.4 Å². The lowest BCUT2D eigenvalue weighted by Crippen LogP contribution is -2.00. The average Bonchev–Trinajstić information content (AvgIpc) is 2.39. The third kappa shape index (κ3) is 2.65. The molecule has 0 atom stereocenters. The molecule has 0 radical (unpaired) electrons. The van der Waals surface area contributed by atoms with Crippen molar-refractivity contribution in [2.75, 3.05) is 13.7 Å². The molecular weight excluding hydrogens is 228 g/mol.